The van der Waals surface area contributed by atoms with Gasteiger partial charge in [-0.1, -0.05) is 15.9 Å². The van der Waals surface area contributed by atoms with Crippen LogP contribution in [0.15, 0.2) is 16.6 Å². The number of amides is 1. The quantitative estimate of drug-likeness (QED) is 0.847. The monoisotopic (exact) mass is 246 g/mol. The van der Waals surface area contributed by atoms with Crippen LogP contribution in [-0.2, 0) is 11.7 Å². The van der Waals surface area contributed by atoms with Crippen LogP contribution in [0.3, 0.4) is 0 Å². The van der Waals surface area contributed by atoms with Crippen molar-refractivity contribution in [1.82, 2.24) is 0 Å². The molecular weight excluding hydrogens is 241 g/mol. The summed E-state index contributed by atoms with van der Waals surface area (Å²) in [5.41, 5.74) is 4.66. The van der Waals surface area contributed by atoms with Gasteiger partial charge >= 0.3 is 0 Å². The number of primary amides is 1. The summed E-state index contributed by atoms with van der Waals surface area (Å²) in [5.74, 6) is -1.69. The van der Waals surface area contributed by atoms with Gasteiger partial charge in [0.1, 0.15) is 12.4 Å². The molecule has 0 heterocycles. The van der Waals surface area contributed by atoms with Crippen molar-refractivity contribution in [3.63, 3.8) is 0 Å². The number of carbonyl (C=O) groups is 1. The molecule has 0 saturated carbocycles. The summed E-state index contributed by atoms with van der Waals surface area (Å²) in [6.45, 7) is -0.672. The molecule has 0 aliphatic rings. The lowest BCUT2D eigenvalue weighted by atomic mass is 10.1. The maximum absolute atomic E-state index is 13.1. The molecule has 0 fully saturated rings. The van der Waals surface area contributed by atoms with Crippen molar-refractivity contribution in [3.05, 3.63) is 33.5 Å². The first-order valence-corrected chi connectivity index (χ1v) is 4.21. The van der Waals surface area contributed by atoms with Gasteiger partial charge in [-0.2, -0.15) is 0 Å². The second kappa shape index (κ2) is 3.85. The van der Waals surface area contributed by atoms with Gasteiger partial charge in [0.05, 0.1) is 5.56 Å². The minimum absolute atomic E-state index is 0.0689. The summed E-state index contributed by atoms with van der Waals surface area (Å²) in [4.78, 5) is 10.7. The standard InChI is InChI=1S/C8H6BrFNO2/c9-5-1-4(3-12)7(8(11)13)6(10)2-5/h1-2H,3H2,(H2,11,13). The number of carbonyl (C=O) groups excluding carboxylic acids is 1. The molecule has 69 valence electrons. The Bertz CT molecular complexity index is 354. The fourth-order valence-electron chi connectivity index (χ4n) is 1.02. The molecule has 1 aromatic carbocycles. The van der Waals surface area contributed by atoms with E-state index in [4.69, 9.17) is 5.73 Å². The van der Waals surface area contributed by atoms with E-state index in [0.717, 1.165) is 6.07 Å². The molecule has 1 amide bonds. The van der Waals surface area contributed by atoms with Crippen molar-refractivity contribution < 1.29 is 14.3 Å². The lowest BCUT2D eigenvalue weighted by molar-refractivity contribution is 0.0989. The zero-order valence-corrected chi connectivity index (χ0v) is 8.10. The van der Waals surface area contributed by atoms with E-state index in [9.17, 15) is 14.3 Å². The Hall–Kier alpha value is -0.940. The lowest BCUT2D eigenvalue weighted by Gasteiger charge is -2.04. The predicted octanol–water partition coefficient (Wildman–Crippen LogP) is 1.62. The Balaban J connectivity index is 3.38. The first-order valence-electron chi connectivity index (χ1n) is 3.42. The molecule has 2 N–H and O–H groups in total. The zero-order chi connectivity index (χ0) is 10.0. The van der Waals surface area contributed by atoms with Gasteiger partial charge in [-0.25, -0.2) is 9.50 Å². The Morgan fingerprint density at radius 3 is 2.62 bits per heavy atom. The van der Waals surface area contributed by atoms with E-state index in [0.29, 0.717) is 4.47 Å². The molecule has 0 unspecified atom stereocenters. The Morgan fingerprint density at radius 1 is 1.54 bits per heavy atom. The van der Waals surface area contributed by atoms with Crippen LogP contribution in [0, 0.1) is 5.82 Å². The molecule has 3 nitrogen and oxygen atoms in total. The van der Waals surface area contributed by atoms with E-state index >= 15 is 0 Å². The van der Waals surface area contributed by atoms with Crippen LogP contribution < -0.4 is 5.73 Å². The van der Waals surface area contributed by atoms with Gasteiger partial charge < -0.3 is 5.73 Å². The summed E-state index contributed by atoms with van der Waals surface area (Å²) < 4.78 is 13.5. The average Bonchev–Trinajstić information content (AvgIpc) is 2.01. The van der Waals surface area contributed by atoms with Crippen LogP contribution in [0.1, 0.15) is 15.9 Å². The molecule has 13 heavy (non-hydrogen) atoms. The summed E-state index contributed by atoms with van der Waals surface area (Å²) >= 11 is 3.01. The predicted molar refractivity (Wildman–Crippen MR) is 47.0 cm³/mol. The largest absolute Gasteiger partial charge is 0.365 e. The smallest absolute Gasteiger partial charge is 0.252 e. The van der Waals surface area contributed by atoms with E-state index in [-0.39, 0.29) is 11.1 Å². The maximum atomic E-state index is 13.1. The summed E-state index contributed by atoms with van der Waals surface area (Å²) in [6, 6.07) is 2.48. The summed E-state index contributed by atoms with van der Waals surface area (Å²) in [7, 11) is 0. The molecule has 0 saturated heterocycles. The number of rotatable bonds is 2. The molecule has 0 aromatic heterocycles. The van der Waals surface area contributed by atoms with E-state index in [1.807, 2.05) is 0 Å². The molecule has 0 aliphatic heterocycles. The first-order chi connectivity index (χ1) is 6.06. The third-order valence-electron chi connectivity index (χ3n) is 1.54. The van der Waals surface area contributed by atoms with E-state index in [1.165, 1.54) is 6.07 Å². The second-order valence-electron chi connectivity index (χ2n) is 2.43. The molecule has 1 aromatic rings. The minimum Gasteiger partial charge on any atom is -0.365 e. The number of halogens is 2. The Labute approximate surface area is 82.5 Å². The lowest BCUT2D eigenvalue weighted by Crippen LogP contribution is -2.16. The van der Waals surface area contributed by atoms with Gasteiger partial charge in [0.25, 0.3) is 5.91 Å². The van der Waals surface area contributed by atoms with Gasteiger partial charge in [-0.15, -0.1) is 0 Å². The highest BCUT2D eigenvalue weighted by Crippen LogP contribution is 2.20. The Kier molecular flexibility index (Phi) is 3.00. The van der Waals surface area contributed by atoms with Crippen molar-refractivity contribution in [2.24, 2.45) is 5.73 Å². The summed E-state index contributed by atoms with van der Waals surface area (Å²) in [6.07, 6.45) is 0. The Morgan fingerprint density at radius 2 is 2.15 bits per heavy atom. The number of benzene rings is 1. The highest BCUT2D eigenvalue weighted by Gasteiger charge is 2.14. The molecule has 0 atom stereocenters. The van der Waals surface area contributed by atoms with Crippen molar-refractivity contribution in [2.45, 2.75) is 6.61 Å². The molecule has 1 radical (unpaired) electrons. The fourth-order valence-corrected chi connectivity index (χ4v) is 1.49. The number of hydrogen-bond acceptors (Lipinski definition) is 1. The van der Waals surface area contributed by atoms with Crippen LogP contribution in [-0.4, -0.2) is 5.91 Å². The molecule has 0 aliphatic carbocycles. The normalized spacial score (nSPS) is 10.1. The van der Waals surface area contributed by atoms with Gasteiger partial charge in [-0.3, -0.25) is 4.79 Å². The maximum Gasteiger partial charge on any atom is 0.252 e. The SMILES string of the molecule is NC(=O)c1c(F)cc(Br)cc1C[O]. The van der Waals surface area contributed by atoms with Gasteiger partial charge in [0, 0.05) is 4.47 Å². The molecule has 1 rings (SSSR count). The first kappa shape index (κ1) is 10.1. The van der Waals surface area contributed by atoms with Crippen LogP contribution in [0.2, 0.25) is 0 Å². The highest BCUT2D eigenvalue weighted by molar-refractivity contribution is 9.10. The van der Waals surface area contributed by atoms with E-state index in [2.05, 4.69) is 15.9 Å². The number of nitrogens with two attached hydrogens (primary N) is 1. The zero-order valence-electron chi connectivity index (χ0n) is 6.51. The van der Waals surface area contributed by atoms with Gasteiger partial charge in [0.2, 0.25) is 0 Å². The average molecular weight is 247 g/mol. The number of hydrogen-bond donors (Lipinski definition) is 1. The van der Waals surface area contributed by atoms with Crippen molar-refractivity contribution >= 4 is 21.8 Å². The van der Waals surface area contributed by atoms with Crippen molar-refractivity contribution in [2.75, 3.05) is 0 Å². The van der Waals surface area contributed by atoms with E-state index in [1.54, 1.807) is 0 Å². The third-order valence-corrected chi connectivity index (χ3v) is 2.00. The van der Waals surface area contributed by atoms with Crippen LogP contribution >= 0.6 is 15.9 Å². The van der Waals surface area contributed by atoms with Crippen LogP contribution in [0.5, 0.6) is 0 Å². The molecular formula is C8H6BrFNO2. The molecule has 0 spiro atoms. The second-order valence-corrected chi connectivity index (χ2v) is 3.35. The van der Waals surface area contributed by atoms with Gasteiger partial charge in [0.15, 0.2) is 0 Å². The minimum atomic E-state index is -0.921. The molecule has 0 bridgehead atoms. The van der Waals surface area contributed by atoms with Gasteiger partial charge in [-0.05, 0) is 17.7 Å². The van der Waals surface area contributed by atoms with Crippen LogP contribution in [0.25, 0.3) is 0 Å². The summed E-state index contributed by atoms with van der Waals surface area (Å²) in [5, 5.41) is 10.6. The fraction of sp³-hybridized carbons (Fsp3) is 0.125. The highest BCUT2D eigenvalue weighted by atomic mass is 79.9. The van der Waals surface area contributed by atoms with E-state index < -0.39 is 18.3 Å². The van der Waals surface area contributed by atoms with Crippen LogP contribution in [0.4, 0.5) is 4.39 Å². The topological polar surface area (TPSA) is 63.0 Å². The van der Waals surface area contributed by atoms with Crippen molar-refractivity contribution in [1.29, 1.82) is 0 Å². The molecule has 5 heteroatoms. The van der Waals surface area contributed by atoms with Crippen molar-refractivity contribution in [3.8, 4) is 0 Å². The third kappa shape index (κ3) is 2.05.